The zero-order valence-electron chi connectivity index (χ0n) is 13.4. The van der Waals surface area contributed by atoms with Gasteiger partial charge in [-0.1, -0.05) is 13.8 Å². The predicted octanol–water partition coefficient (Wildman–Crippen LogP) is 2.61. The van der Waals surface area contributed by atoms with Gasteiger partial charge in [0.2, 0.25) is 0 Å². The molecule has 1 amide bonds. The molecule has 0 atom stereocenters. The van der Waals surface area contributed by atoms with Crippen molar-refractivity contribution < 1.29 is 4.79 Å². The van der Waals surface area contributed by atoms with E-state index in [9.17, 15) is 4.79 Å². The molecule has 0 aromatic carbocycles. The number of nitrogens with zero attached hydrogens (tertiary/aromatic N) is 3. The minimum atomic E-state index is -0.00275. The van der Waals surface area contributed by atoms with Gasteiger partial charge in [0.15, 0.2) is 5.69 Å². The number of carbonyl (C=O) groups is 1. The average molecular weight is 308 g/mol. The van der Waals surface area contributed by atoms with Crippen molar-refractivity contribution in [2.45, 2.75) is 38.4 Å². The van der Waals surface area contributed by atoms with Crippen molar-refractivity contribution in [3.05, 3.63) is 17.7 Å². The van der Waals surface area contributed by atoms with E-state index >= 15 is 0 Å². The van der Waals surface area contributed by atoms with Crippen LogP contribution in [-0.2, 0) is 0 Å². The number of carbonyl (C=O) groups excluding carboxylic acids is 1. The maximum Gasteiger partial charge on any atom is 0.274 e. The van der Waals surface area contributed by atoms with Crippen LogP contribution in [0, 0.1) is 0 Å². The number of anilines is 1. The lowest BCUT2D eigenvalue weighted by Gasteiger charge is -2.37. The Morgan fingerprint density at radius 3 is 2.76 bits per heavy atom. The van der Waals surface area contributed by atoms with Crippen LogP contribution in [0.4, 0.5) is 5.69 Å². The molecule has 2 heterocycles. The molecule has 0 unspecified atom stereocenters. The fourth-order valence-electron chi connectivity index (χ4n) is 2.36. The number of thioether (sulfide) groups is 1. The van der Waals surface area contributed by atoms with Gasteiger partial charge in [-0.2, -0.15) is 11.8 Å². The fourth-order valence-corrected chi connectivity index (χ4v) is 3.47. The first-order chi connectivity index (χ1) is 9.84. The summed E-state index contributed by atoms with van der Waals surface area (Å²) >= 11 is 1.91. The molecule has 116 valence electrons. The number of aromatic nitrogens is 2. The molecule has 1 fully saturated rings. The minimum Gasteiger partial charge on any atom is -0.385 e. The SMILES string of the molecule is CNc1cnc(C(C)C)nc1C(=O)N1CCSC(C)(C)C1. The highest BCUT2D eigenvalue weighted by molar-refractivity contribution is 8.00. The summed E-state index contributed by atoms with van der Waals surface area (Å²) in [6, 6.07) is 0. The molecule has 6 heteroatoms. The van der Waals surface area contributed by atoms with Gasteiger partial charge in [0.1, 0.15) is 5.82 Å². The van der Waals surface area contributed by atoms with Crippen LogP contribution in [0.1, 0.15) is 49.9 Å². The summed E-state index contributed by atoms with van der Waals surface area (Å²) in [6.07, 6.45) is 1.71. The summed E-state index contributed by atoms with van der Waals surface area (Å²) in [5, 5.41) is 3.02. The molecule has 1 saturated heterocycles. The molecule has 21 heavy (non-hydrogen) atoms. The van der Waals surface area contributed by atoms with Crippen molar-refractivity contribution in [3.63, 3.8) is 0 Å². The van der Waals surface area contributed by atoms with Gasteiger partial charge in [-0.05, 0) is 13.8 Å². The molecule has 1 aromatic rings. The van der Waals surface area contributed by atoms with Crippen molar-refractivity contribution in [3.8, 4) is 0 Å². The number of rotatable bonds is 3. The average Bonchev–Trinajstić information content (AvgIpc) is 2.44. The molecular weight excluding hydrogens is 284 g/mol. The van der Waals surface area contributed by atoms with Crippen LogP contribution in [0.25, 0.3) is 0 Å². The zero-order chi connectivity index (χ0) is 15.6. The summed E-state index contributed by atoms with van der Waals surface area (Å²) in [5.41, 5.74) is 1.18. The van der Waals surface area contributed by atoms with Gasteiger partial charge in [0, 0.05) is 36.6 Å². The van der Waals surface area contributed by atoms with Gasteiger partial charge in [-0.25, -0.2) is 9.97 Å². The van der Waals surface area contributed by atoms with Crippen LogP contribution in [0.2, 0.25) is 0 Å². The Kier molecular flexibility index (Phi) is 4.76. The van der Waals surface area contributed by atoms with Crippen LogP contribution in [0.5, 0.6) is 0 Å². The van der Waals surface area contributed by atoms with Crippen molar-refractivity contribution in [1.29, 1.82) is 0 Å². The van der Waals surface area contributed by atoms with Crippen molar-refractivity contribution >= 4 is 23.4 Å². The smallest absolute Gasteiger partial charge is 0.274 e. The Morgan fingerprint density at radius 1 is 1.48 bits per heavy atom. The van der Waals surface area contributed by atoms with Crippen LogP contribution < -0.4 is 5.32 Å². The molecule has 1 aliphatic rings. The summed E-state index contributed by atoms with van der Waals surface area (Å²) in [4.78, 5) is 23.5. The maximum atomic E-state index is 12.8. The largest absolute Gasteiger partial charge is 0.385 e. The van der Waals surface area contributed by atoms with Gasteiger partial charge < -0.3 is 10.2 Å². The molecule has 0 bridgehead atoms. The summed E-state index contributed by atoms with van der Waals surface area (Å²) < 4.78 is 0.0988. The van der Waals surface area contributed by atoms with E-state index in [2.05, 4.69) is 29.1 Å². The molecule has 1 aliphatic heterocycles. The highest BCUT2D eigenvalue weighted by atomic mass is 32.2. The second kappa shape index (κ2) is 6.22. The number of hydrogen-bond donors (Lipinski definition) is 1. The quantitative estimate of drug-likeness (QED) is 0.930. The van der Waals surface area contributed by atoms with E-state index in [1.54, 1.807) is 13.2 Å². The monoisotopic (exact) mass is 308 g/mol. The second-order valence-electron chi connectivity index (χ2n) is 6.23. The molecule has 0 saturated carbocycles. The molecule has 1 N–H and O–H groups in total. The first kappa shape index (κ1) is 16.1. The van der Waals surface area contributed by atoms with E-state index in [4.69, 9.17) is 0 Å². The third-order valence-corrected chi connectivity index (χ3v) is 4.81. The van der Waals surface area contributed by atoms with Gasteiger partial charge in [-0.15, -0.1) is 0 Å². The van der Waals surface area contributed by atoms with Gasteiger partial charge >= 0.3 is 0 Å². The Labute approximate surface area is 130 Å². The first-order valence-electron chi connectivity index (χ1n) is 7.32. The number of hydrogen-bond acceptors (Lipinski definition) is 5. The predicted molar refractivity (Wildman–Crippen MR) is 88.1 cm³/mol. The summed E-state index contributed by atoms with van der Waals surface area (Å²) in [7, 11) is 1.79. The standard InChI is InChI=1S/C15H24N4OS/c1-10(2)13-17-8-11(16-5)12(18-13)14(20)19-6-7-21-15(3,4)9-19/h8,10,16H,6-7,9H2,1-5H3. The molecular formula is C15H24N4OS. The summed E-state index contributed by atoms with van der Waals surface area (Å²) in [5.74, 6) is 1.88. The topological polar surface area (TPSA) is 58.1 Å². The number of amides is 1. The van der Waals surface area contributed by atoms with Crippen molar-refractivity contribution in [2.75, 3.05) is 31.2 Å². The van der Waals surface area contributed by atoms with Crippen LogP contribution in [-0.4, -0.2) is 51.4 Å². The van der Waals surface area contributed by atoms with E-state index in [0.29, 0.717) is 17.2 Å². The minimum absolute atomic E-state index is 0.00275. The van der Waals surface area contributed by atoms with Crippen LogP contribution in [0.3, 0.4) is 0 Å². The third kappa shape index (κ3) is 3.67. The molecule has 2 rings (SSSR count). The third-order valence-electron chi connectivity index (χ3n) is 3.51. The molecule has 5 nitrogen and oxygen atoms in total. The highest BCUT2D eigenvalue weighted by Gasteiger charge is 2.31. The van der Waals surface area contributed by atoms with E-state index in [-0.39, 0.29) is 16.6 Å². The van der Waals surface area contributed by atoms with E-state index < -0.39 is 0 Å². The molecule has 1 aromatic heterocycles. The lowest BCUT2D eigenvalue weighted by molar-refractivity contribution is 0.0742. The zero-order valence-corrected chi connectivity index (χ0v) is 14.3. The lowest BCUT2D eigenvalue weighted by Crippen LogP contribution is -2.46. The Morgan fingerprint density at radius 2 is 2.19 bits per heavy atom. The molecule has 0 aliphatic carbocycles. The normalized spacial score (nSPS) is 17.9. The molecule has 0 spiro atoms. The van der Waals surface area contributed by atoms with Gasteiger partial charge in [0.05, 0.1) is 11.9 Å². The number of nitrogens with one attached hydrogen (secondary N) is 1. The fraction of sp³-hybridized carbons (Fsp3) is 0.667. The Bertz CT molecular complexity index is 530. The van der Waals surface area contributed by atoms with Gasteiger partial charge in [-0.3, -0.25) is 4.79 Å². The second-order valence-corrected chi connectivity index (χ2v) is 8.03. The highest BCUT2D eigenvalue weighted by Crippen LogP contribution is 2.30. The van der Waals surface area contributed by atoms with E-state index in [0.717, 1.165) is 18.8 Å². The first-order valence-corrected chi connectivity index (χ1v) is 8.30. The van der Waals surface area contributed by atoms with E-state index in [1.807, 2.05) is 30.5 Å². The van der Waals surface area contributed by atoms with Crippen LogP contribution >= 0.6 is 11.8 Å². The van der Waals surface area contributed by atoms with Crippen molar-refractivity contribution in [2.24, 2.45) is 0 Å². The Balaban J connectivity index is 2.31. The van der Waals surface area contributed by atoms with Crippen LogP contribution in [0.15, 0.2) is 6.20 Å². The lowest BCUT2D eigenvalue weighted by atomic mass is 10.1. The van der Waals surface area contributed by atoms with E-state index in [1.165, 1.54) is 0 Å². The van der Waals surface area contributed by atoms with Crippen molar-refractivity contribution in [1.82, 2.24) is 14.9 Å². The van der Waals surface area contributed by atoms with Gasteiger partial charge in [0.25, 0.3) is 5.91 Å². The molecule has 0 radical (unpaired) electrons. The maximum absolute atomic E-state index is 12.8. The Hall–Kier alpha value is -1.30. The summed E-state index contributed by atoms with van der Waals surface area (Å²) in [6.45, 7) is 9.94.